The van der Waals surface area contributed by atoms with Crippen molar-refractivity contribution in [3.05, 3.63) is 34.6 Å². The van der Waals surface area contributed by atoms with Gasteiger partial charge >= 0.3 is 0 Å². The summed E-state index contributed by atoms with van der Waals surface area (Å²) in [7, 11) is 0. The molecule has 1 aromatic carbocycles. The van der Waals surface area contributed by atoms with Gasteiger partial charge in [0.25, 0.3) is 0 Å². The van der Waals surface area contributed by atoms with Gasteiger partial charge in [-0.2, -0.15) is 0 Å². The Hall–Kier alpha value is -0.640. The van der Waals surface area contributed by atoms with Gasteiger partial charge in [-0.25, -0.2) is 4.39 Å². The van der Waals surface area contributed by atoms with Crippen molar-refractivity contribution in [1.29, 1.82) is 0 Å². The summed E-state index contributed by atoms with van der Waals surface area (Å²) >= 11 is 5.74. The summed E-state index contributed by atoms with van der Waals surface area (Å²) in [5.41, 5.74) is 1.26. The quantitative estimate of drug-likeness (QED) is 0.833. The third-order valence-corrected chi connectivity index (χ3v) is 4.16. The molecule has 18 heavy (non-hydrogen) atoms. The number of benzene rings is 1. The van der Waals surface area contributed by atoms with Gasteiger partial charge in [-0.15, -0.1) is 0 Å². The Kier molecular flexibility index (Phi) is 4.60. The zero-order chi connectivity index (χ0) is 13.0. The predicted molar refractivity (Wildman–Crippen MR) is 71.1 cm³/mol. The Morgan fingerprint density at radius 2 is 2.17 bits per heavy atom. The summed E-state index contributed by atoms with van der Waals surface area (Å²) in [6.07, 6.45) is 4.49. The lowest BCUT2D eigenvalue weighted by molar-refractivity contribution is 0.0859. The van der Waals surface area contributed by atoms with E-state index in [1.807, 2.05) is 0 Å². The lowest BCUT2D eigenvalue weighted by Crippen LogP contribution is -2.40. The van der Waals surface area contributed by atoms with Gasteiger partial charge in [-0.05, 0) is 42.4 Å². The first kappa shape index (κ1) is 13.8. The molecule has 1 aliphatic carbocycles. The standard InChI is InChI=1S/C14H19ClFNO/c15-12-8-11(2-3-13(12)16)9-17-10-14(6-7-18)4-1-5-14/h2-3,8,17-18H,1,4-7,9-10H2. The second-order valence-electron chi connectivity index (χ2n) is 5.18. The lowest BCUT2D eigenvalue weighted by Gasteiger charge is -2.42. The minimum Gasteiger partial charge on any atom is -0.396 e. The zero-order valence-electron chi connectivity index (χ0n) is 10.4. The first-order chi connectivity index (χ1) is 8.65. The highest BCUT2D eigenvalue weighted by molar-refractivity contribution is 6.30. The molecule has 0 spiro atoms. The van der Waals surface area contributed by atoms with Gasteiger partial charge in [0, 0.05) is 19.7 Å². The number of hydrogen-bond acceptors (Lipinski definition) is 2. The average molecular weight is 272 g/mol. The summed E-state index contributed by atoms with van der Waals surface area (Å²) in [5.74, 6) is -0.379. The van der Waals surface area contributed by atoms with Crippen molar-refractivity contribution in [2.24, 2.45) is 5.41 Å². The second-order valence-corrected chi connectivity index (χ2v) is 5.59. The molecule has 2 nitrogen and oxygen atoms in total. The van der Waals surface area contributed by atoms with E-state index in [1.54, 1.807) is 12.1 Å². The summed E-state index contributed by atoms with van der Waals surface area (Å²) in [4.78, 5) is 0. The van der Waals surface area contributed by atoms with Crippen LogP contribution >= 0.6 is 11.6 Å². The Morgan fingerprint density at radius 1 is 1.39 bits per heavy atom. The largest absolute Gasteiger partial charge is 0.396 e. The molecule has 0 aromatic heterocycles. The van der Waals surface area contributed by atoms with Crippen LogP contribution in [0, 0.1) is 11.2 Å². The fraction of sp³-hybridized carbons (Fsp3) is 0.571. The molecular formula is C14H19ClFNO. The van der Waals surface area contributed by atoms with E-state index in [1.165, 1.54) is 25.3 Å². The van der Waals surface area contributed by atoms with Crippen LogP contribution in [0.1, 0.15) is 31.2 Å². The van der Waals surface area contributed by atoms with E-state index in [-0.39, 0.29) is 22.9 Å². The Bertz CT molecular complexity index is 407. The highest BCUT2D eigenvalue weighted by Gasteiger charge is 2.35. The molecule has 1 aromatic rings. The molecule has 0 atom stereocenters. The summed E-state index contributed by atoms with van der Waals surface area (Å²) in [5, 5.41) is 12.6. The SMILES string of the molecule is OCCC1(CNCc2ccc(F)c(Cl)c2)CCC1. The molecule has 0 bridgehead atoms. The Balaban J connectivity index is 1.82. The van der Waals surface area contributed by atoms with Gasteiger partial charge in [-0.3, -0.25) is 0 Å². The number of aliphatic hydroxyl groups excluding tert-OH is 1. The average Bonchev–Trinajstić information content (AvgIpc) is 2.30. The van der Waals surface area contributed by atoms with Crippen LogP contribution in [0.25, 0.3) is 0 Å². The van der Waals surface area contributed by atoms with Crippen LogP contribution in [0.2, 0.25) is 5.02 Å². The number of nitrogens with one attached hydrogen (secondary N) is 1. The smallest absolute Gasteiger partial charge is 0.141 e. The molecule has 4 heteroatoms. The molecule has 1 fully saturated rings. The van der Waals surface area contributed by atoms with Crippen molar-refractivity contribution in [2.75, 3.05) is 13.2 Å². The summed E-state index contributed by atoms with van der Waals surface area (Å²) < 4.78 is 13.0. The van der Waals surface area contributed by atoms with Crippen molar-refractivity contribution in [2.45, 2.75) is 32.2 Å². The van der Waals surface area contributed by atoms with Crippen molar-refractivity contribution >= 4 is 11.6 Å². The minimum atomic E-state index is -0.379. The number of rotatable bonds is 6. The van der Waals surface area contributed by atoms with Gasteiger partial charge in [0.15, 0.2) is 0 Å². The van der Waals surface area contributed by atoms with E-state index in [4.69, 9.17) is 16.7 Å². The van der Waals surface area contributed by atoms with Crippen LogP contribution in [0.5, 0.6) is 0 Å². The van der Waals surface area contributed by atoms with Crippen LogP contribution in [-0.4, -0.2) is 18.3 Å². The molecule has 2 rings (SSSR count). The normalized spacial score (nSPS) is 17.5. The van der Waals surface area contributed by atoms with Crippen molar-refractivity contribution in [1.82, 2.24) is 5.32 Å². The third kappa shape index (κ3) is 3.22. The van der Waals surface area contributed by atoms with Crippen LogP contribution < -0.4 is 5.32 Å². The van der Waals surface area contributed by atoms with E-state index in [9.17, 15) is 4.39 Å². The molecule has 0 saturated heterocycles. The highest BCUT2D eigenvalue weighted by atomic mass is 35.5. The third-order valence-electron chi connectivity index (χ3n) is 3.87. The van der Waals surface area contributed by atoms with Crippen LogP contribution in [-0.2, 0) is 6.54 Å². The molecule has 0 heterocycles. The van der Waals surface area contributed by atoms with E-state index in [0.29, 0.717) is 6.54 Å². The number of hydrogen-bond donors (Lipinski definition) is 2. The summed E-state index contributed by atoms with van der Waals surface area (Å²) in [6.45, 7) is 1.85. The van der Waals surface area contributed by atoms with Gasteiger partial charge in [0.05, 0.1) is 5.02 Å². The fourth-order valence-electron chi connectivity index (χ4n) is 2.55. The van der Waals surface area contributed by atoms with Crippen molar-refractivity contribution < 1.29 is 9.50 Å². The first-order valence-electron chi connectivity index (χ1n) is 6.41. The lowest BCUT2D eigenvalue weighted by atomic mass is 9.67. The Morgan fingerprint density at radius 3 is 2.72 bits per heavy atom. The zero-order valence-corrected chi connectivity index (χ0v) is 11.1. The van der Waals surface area contributed by atoms with E-state index in [0.717, 1.165) is 18.5 Å². The second kappa shape index (κ2) is 6.00. The van der Waals surface area contributed by atoms with Crippen molar-refractivity contribution in [3.8, 4) is 0 Å². The van der Waals surface area contributed by atoms with E-state index in [2.05, 4.69) is 5.32 Å². The van der Waals surface area contributed by atoms with Crippen LogP contribution in [0.15, 0.2) is 18.2 Å². The molecular weight excluding hydrogens is 253 g/mol. The maximum atomic E-state index is 13.0. The van der Waals surface area contributed by atoms with Crippen LogP contribution in [0.4, 0.5) is 4.39 Å². The van der Waals surface area contributed by atoms with E-state index < -0.39 is 0 Å². The van der Waals surface area contributed by atoms with Crippen molar-refractivity contribution in [3.63, 3.8) is 0 Å². The summed E-state index contributed by atoms with van der Waals surface area (Å²) in [6, 6.07) is 4.79. The number of aliphatic hydroxyl groups is 1. The minimum absolute atomic E-state index is 0.169. The molecule has 1 aliphatic rings. The van der Waals surface area contributed by atoms with Gasteiger partial charge in [0.2, 0.25) is 0 Å². The molecule has 0 unspecified atom stereocenters. The van der Waals surface area contributed by atoms with E-state index >= 15 is 0 Å². The Labute approximate surface area is 112 Å². The van der Waals surface area contributed by atoms with Gasteiger partial charge < -0.3 is 10.4 Å². The molecule has 0 amide bonds. The maximum Gasteiger partial charge on any atom is 0.141 e. The van der Waals surface area contributed by atoms with Gasteiger partial charge in [-0.1, -0.05) is 24.1 Å². The predicted octanol–water partition coefficient (Wildman–Crippen LogP) is 3.12. The maximum absolute atomic E-state index is 13.0. The topological polar surface area (TPSA) is 32.3 Å². The molecule has 0 aliphatic heterocycles. The molecule has 100 valence electrons. The van der Waals surface area contributed by atoms with Crippen LogP contribution in [0.3, 0.4) is 0 Å². The molecule has 1 saturated carbocycles. The highest BCUT2D eigenvalue weighted by Crippen LogP contribution is 2.43. The fourth-order valence-corrected chi connectivity index (χ4v) is 2.75. The first-order valence-corrected chi connectivity index (χ1v) is 6.79. The van der Waals surface area contributed by atoms with Gasteiger partial charge in [0.1, 0.15) is 5.82 Å². The molecule has 0 radical (unpaired) electrons. The number of halogens is 2. The molecule has 2 N–H and O–H groups in total. The monoisotopic (exact) mass is 271 g/mol.